The average Bonchev–Trinajstić information content (AvgIpc) is 3.65. The minimum absolute atomic E-state index is 0.149. The molecule has 0 bridgehead atoms. The lowest BCUT2D eigenvalue weighted by molar-refractivity contribution is -0.144. The lowest BCUT2D eigenvalue weighted by Crippen LogP contribution is -2.48. The van der Waals surface area contributed by atoms with Crippen LogP contribution < -0.4 is 16.0 Å². The van der Waals surface area contributed by atoms with Crippen LogP contribution in [0.5, 0.6) is 0 Å². The Kier molecular flexibility index (Phi) is 12.6. The number of alkyl halides is 3. The largest absolute Gasteiger partial charge is 0.465 e. The number of methoxy groups -OCH3 is 1. The number of H-pyrrole nitrogens is 1. The Labute approximate surface area is 317 Å². The maximum absolute atomic E-state index is 13.8. The fraction of sp³-hybridized carbons (Fsp3) is 0.400. The molecule has 5 rings (SSSR count). The number of aromatic nitrogens is 3. The zero-order chi connectivity index (χ0) is 39.9. The van der Waals surface area contributed by atoms with Crippen LogP contribution in [0.2, 0.25) is 0 Å². The number of carbonyl (C=O) groups is 4. The Balaban J connectivity index is 1.27. The van der Waals surface area contributed by atoms with E-state index >= 15 is 0 Å². The van der Waals surface area contributed by atoms with Crippen LogP contribution in [0.3, 0.4) is 0 Å². The number of esters is 1. The Morgan fingerprint density at radius 1 is 0.909 bits per heavy atom. The standard InChI is InChI=1S/C40H45F3N6O6/c1-23-20-29(36(52)54-5)16-19-31(23)26-10-6-24(7-11-26)21-32(46-34(50)28-12-8-25(9-13-28)22-44-38(53)55-39(2,3)4)35(51)45-30-17-14-27(15-18-30)33-47-37(49-48-33)40(41,42)43/h6-7,10-11,14-20,25,28,32H,8-9,12-13,21-22H2,1-5H3,(H,44,53)(H,45,51)(H,46,50)(H,47,48,49)/t25?,28?,32-/m0/s1. The third kappa shape index (κ3) is 11.2. The highest BCUT2D eigenvalue weighted by atomic mass is 19.4. The van der Waals surface area contributed by atoms with Crippen molar-refractivity contribution in [2.45, 2.75) is 77.6 Å². The number of aromatic amines is 1. The summed E-state index contributed by atoms with van der Waals surface area (Å²) in [6.07, 6.45) is -2.38. The fourth-order valence-corrected chi connectivity index (χ4v) is 6.41. The topological polar surface area (TPSA) is 164 Å². The summed E-state index contributed by atoms with van der Waals surface area (Å²) in [5, 5.41) is 14.1. The van der Waals surface area contributed by atoms with Crippen LogP contribution >= 0.6 is 0 Å². The van der Waals surface area contributed by atoms with E-state index in [1.165, 1.54) is 31.4 Å². The molecule has 12 nitrogen and oxygen atoms in total. The zero-order valence-electron chi connectivity index (χ0n) is 31.3. The van der Waals surface area contributed by atoms with Gasteiger partial charge in [0.15, 0.2) is 5.82 Å². The number of aryl methyl sites for hydroxylation is 1. The molecule has 1 aliphatic rings. The SMILES string of the molecule is COC(=O)c1ccc(-c2ccc(C[C@H](NC(=O)C3CCC(CNC(=O)OC(C)(C)C)CC3)C(=O)Nc3ccc(-c4n[nH]c(C(F)(F)F)n4)cc3)cc2)c(C)c1. The smallest absolute Gasteiger partial charge is 0.451 e. The van der Waals surface area contributed by atoms with Gasteiger partial charge in [-0.2, -0.15) is 18.3 Å². The molecule has 1 fully saturated rings. The van der Waals surface area contributed by atoms with E-state index in [0.29, 0.717) is 49.0 Å². The molecule has 0 saturated heterocycles. The number of nitrogens with zero attached hydrogens (tertiary/aromatic N) is 2. The maximum Gasteiger partial charge on any atom is 0.451 e. The molecule has 55 heavy (non-hydrogen) atoms. The number of anilines is 1. The number of alkyl carbamates (subject to hydrolysis) is 1. The molecule has 4 N–H and O–H groups in total. The number of ether oxygens (including phenoxy) is 2. The fourth-order valence-electron chi connectivity index (χ4n) is 6.41. The third-order valence-electron chi connectivity index (χ3n) is 9.30. The summed E-state index contributed by atoms with van der Waals surface area (Å²) in [7, 11) is 1.33. The van der Waals surface area contributed by atoms with Gasteiger partial charge in [0.25, 0.3) is 0 Å². The molecule has 1 saturated carbocycles. The molecule has 0 spiro atoms. The van der Waals surface area contributed by atoms with Crippen LogP contribution in [-0.4, -0.2) is 64.4 Å². The summed E-state index contributed by atoms with van der Waals surface area (Å²) in [6.45, 7) is 7.72. The second kappa shape index (κ2) is 17.2. The lowest BCUT2D eigenvalue weighted by Gasteiger charge is -2.29. The molecule has 1 aromatic heterocycles. The van der Waals surface area contributed by atoms with Gasteiger partial charge in [-0.15, -0.1) is 0 Å². The number of rotatable bonds is 11. The van der Waals surface area contributed by atoms with Gasteiger partial charge in [0.1, 0.15) is 11.6 Å². The predicted octanol–water partition coefficient (Wildman–Crippen LogP) is 7.25. The molecule has 1 aliphatic carbocycles. The van der Waals surface area contributed by atoms with Crippen molar-refractivity contribution in [2.24, 2.45) is 11.8 Å². The van der Waals surface area contributed by atoms with Crippen molar-refractivity contribution in [3.8, 4) is 22.5 Å². The van der Waals surface area contributed by atoms with Crippen LogP contribution in [-0.2, 0) is 31.7 Å². The predicted molar refractivity (Wildman–Crippen MR) is 199 cm³/mol. The monoisotopic (exact) mass is 762 g/mol. The van der Waals surface area contributed by atoms with Gasteiger partial charge in [0.05, 0.1) is 12.7 Å². The second-order valence-electron chi connectivity index (χ2n) is 14.7. The van der Waals surface area contributed by atoms with E-state index in [4.69, 9.17) is 9.47 Å². The van der Waals surface area contributed by atoms with Gasteiger partial charge >= 0.3 is 18.2 Å². The number of benzene rings is 3. The molecule has 292 valence electrons. The summed E-state index contributed by atoms with van der Waals surface area (Å²) in [4.78, 5) is 55.0. The number of hydrogen-bond acceptors (Lipinski definition) is 8. The molecule has 4 aromatic rings. The van der Waals surface area contributed by atoms with E-state index in [1.807, 2.05) is 42.4 Å². The van der Waals surface area contributed by atoms with Crippen molar-refractivity contribution in [3.05, 3.63) is 89.2 Å². The normalized spacial score (nSPS) is 16.4. The molecule has 0 unspecified atom stereocenters. The number of amides is 3. The Bertz CT molecular complexity index is 1980. The van der Waals surface area contributed by atoms with Crippen molar-refractivity contribution < 1.29 is 41.8 Å². The Hall–Kier alpha value is -5.73. The van der Waals surface area contributed by atoms with Gasteiger partial charge in [-0.25, -0.2) is 14.6 Å². The van der Waals surface area contributed by atoms with Gasteiger partial charge in [0, 0.05) is 30.1 Å². The summed E-state index contributed by atoms with van der Waals surface area (Å²) >= 11 is 0. The maximum atomic E-state index is 13.8. The Morgan fingerprint density at radius 3 is 2.15 bits per heavy atom. The van der Waals surface area contributed by atoms with Crippen LogP contribution in [0.25, 0.3) is 22.5 Å². The number of carbonyl (C=O) groups excluding carboxylic acids is 4. The zero-order valence-corrected chi connectivity index (χ0v) is 31.3. The summed E-state index contributed by atoms with van der Waals surface area (Å²) in [6, 6.07) is 17.9. The number of halogens is 3. The minimum Gasteiger partial charge on any atom is -0.465 e. The molecule has 1 atom stereocenters. The first-order valence-corrected chi connectivity index (χ1v) is 18.0. The third-order valence-corrected chi connectivity index (χ3v) is 9.30. The quantitative estimate of drug-likeness (QED) is 0.116. The highest BCUT2D eigenvalue weighted by molar-refractivity contribution is 5.98. The van der Waals surface area contributed by atoms with Gasteiger partial charge in [0.2, 0.25) is 17.6 Å². The average molecular weight is 763 g/mol. The summed E-state index contributed by atoms with van der Waals surface area (Å²) in [5.74, 6) is -2.66. The molecule has 3 amide bonds. The van der Waals surface area contributed by atoms with E-state index in [0.717, 1.165) is 22.3 Å². The van der Waals surface area contributed by atoms with E-state index in [1.54, 1.807) is 32.9 Å². The van der Waals surface area contributed by atoms with Crippen molar-refractivity contribution >= 4 is 29.6 Å². The van der Waals surface area contributed by atoms with Crippen LogP contribution in [0.1, 0.15) is 73.8 Å². The van der Waals surface area contributed by atoms with E-state index in [9.17, 15) is 32.3 Å². The van der Waals surface area contributed by atoms with E-state index < -0.39 is 41.6 Å². The number of hydrogen-bond donors (Lipinski definition) is 4. The van der Waals surface area contributed by atoms with Gasteiger partial charge < -0.3 is 25.4 Å². The first-order valence-electron chi connectivity index (χ1n) is 18.0. The second-order valence-corrected chi connectivity index (χ2v) is 14.7. The highest BCUT2D eigenvalue weighted by Gasteiger charge is 2.35. The molecule has 0 radical (unpaired) electrons. The molecule has 15 heteroatoms. The van der Waals surface area contributed by atoms with Crippen molar-refractivity contribution in [1.82, 2.24) is 25.8 Å². The lowest BCUT2D eigenvalue weighted by atomic mass is 9.81. The van der Waals surface area contributed by atoms with Crippen molar-refractivity contribution in [1.29, 1.82) is 0 Å². The van der Waals surface area contributed by atoms with Crippen molar-refractivity contribution in [3.63, 3.8) is 0 Å². The highest BCUT2D eigenvalue weighted by Crippen LogP contribution is 2.30. The van der Waals surface area contributed by atoms with Gasteiger partial charge in [-0.1, -0.05) is 30.3 Å². The van der Waals surface area contributed by atoms with Crippen molar-refractivity contribution in [2.75, 3.05) is 19.0 Å². The number of nitrogens with one attached hydrogen (secondary N) is 4. The van der Waals surface area contributed by atoms with Gasteiger partial charge in [-0.3, -0.25) is 14.7 Å². The summed E-state index contributed by atoms with van der Waals surface area (Å²) in [5.41, 5.74) is 3.99. The van der Waals surface area contributed by atoms with E-state index in [-0.39, 0.29) is 30.0 Å². The molecule has 1 heterocycles. The van der Waals surface area contributed by atoms with Crippen LogP contribution in [0, 0.1) is 18.8 Å². The summed E-state index contributed by atoms with van der Waals surface area (Å²) < 4.78 is 49.2. The van der Waals surface area contributed by atoms with Crippen LogP contribution in [0.15, 0.2) is 66.7 Å². The molecule has 0 aliphatic heterocycles. The molecule has 3 aromatic carbocycles. The van der Waals surface area contributed by atoms with Gasteiger partial charge in [-0.05, 0) is 118 Å². The molecular weight excluding hydrogens is 717 g/mol. The first-order chi connectivity index (χ1) is 26.0. The van der Waals surface area contributed by atoms with Crippen LogP contribution in [0.4, 0.5) is 23.7 Å². The van der Waals surface area contributed by atoms with E-state index in [2.05, 4.69) is 26.0 Å². The Morgan fingerprint density at radius 2 is 1.56 bits per heavy atom. The molecular formula is C40H45F3N6O6. The first kappa shape index (κ1) is 40.5. The minimum atomic E-state index is -4.67.